The van der Waals surface area contributed by atoms with Gasteiger partial charge in [-0.25, -0.2) is 4.79 Å². The van der Waals surface area contributed by atoms with Crippen molar-refractivity contribution in [2.45, 2.75) is 50.9 Å². The Hall–Kier alpha value is -1.77. The highest BCUT2D eigenvalue weighted by atomic mass is 16.5. The SMILES string of the molecule is C/C(=C/C(=O)O)Oc1ccc(C23CC4CC(CC(C4)C2)C3)cc1. The van der Waals surface area contributed by atoms with Crippen molar-refractivity contribution in [3.05, 3.63) is 41.7 Å². The summed E-state index contributed by atoms with van der Waals surface area (Å²) in [7, 11) is 0. The number of carboxylic acids is 1. The number of allylic oxidation sites excluding steroid dienone is 1. The molecule has 23 heavy (non-hydrogen) atoms. The molecule has 0 spiro atoms. The maximum Gasteiger partial charge on any atom is 0.331 e. The number of hydrogen-bond acceptors (Lipinski definition) is 2. The topological polar surface area (TPSA) is 46.5 Å². The summed E-state index contributed by atoms with van der Waals surface area (Å²) < 4.78 is 5.58. The third-order valence-electron chi connectivity index (χ3n) is 6.11. The molecule has 0 amide bonds. The molecule has 0 aliphatic heterocycles. The van der Waals surface area contributed by atoms with E-state index in [9.17, 15) is 4.79 Å². The van der Waals surface area contributed by atoms with Crippen LogP contribution in [0.4, 0.5) is 0 Å². The predicted octanol–water partition coefficient (Wildman–Crippen LogP) is 4.52. The van der Waals surface area contributed by atoms with Crippen LogP contribution in [-0.2, 0) is 10.2 Å². The van der Waals surface area contributed by atoms with Gasteiger partial charge in [0.15, 0.2) is 0 Å². The van der Waals surface area contributed by atoms with Gasteiger partial charge in [-0.15, -0.1) is 0 Å². The Balaban J connectivity index is 1.53. The van der Waals surface area contributed by atoms with Gasteiger partial charge in [-0.2, -0.15) is 0 Å². The molecule has 3 heteroatoms. The van der Waals surface area contributed by atoms with Crippen molar-refractivity contribution in [1.82, 2.24) is 0 Å². The van der Waals surface area contributed by atoms with Crippen LogP contribution in [0.25, 0.3) is 0 Å². The van der Waals surface area contributed by atoms with Crippen molar-refractivity contribution in [2.24, 2.45) is 17.8 Å². The minimum atomic E-state index is -0.979. The van der Waals surface area contributed by atoms with Crippen molar-refractivity contribution in [3.8, 4) is 5.75 Å². The first-order chi connectivity index (χ1) is 11.0. The Morgan fingerprint density at radius 2 is 1.61 bits per heavy atom. The predicted molar refractivity (Wildman–Crippen MR) is 88.3 cm³/mol. The van der Waals surface area contributed by atoms with Gasteiger partial charge in [-0.05, 0) is 86.3 Å². The average Bonchev–Trinajstić information content (AvgIpc) is 2.45. The van der Waals surface area contributed by atoms with Gasteiger partial charge in [0.25, 0.3) is 0 Å². The second kappa shape index (κ2) is 5.40. The van der Waals surface area contributed by atoms with Crippen molar-refractivity contribution in [3.63, 3.8) is 0 Å². The summed E-state index contributed by atoms with van der Waals surface area (Å²) in [6.45, 7) is 1.67. The van der Waals surface area contributed by atoms with Gasteiger partial charge < -0.3 is 9.84 Å². The van der Waals surface area contributed by atoms with Crippen LogP contribution in [0.3, 0.4) is 0 Å². The lowest BCUT2D eigenvalue weighted by atomic mass is 9.48. The maximum absolute atomic E-state index is 10.7. The lowest BCUT2D eigenvalue weighted by Crippen LogP contribution is -2.48. The van der Waals surface area contributed by atoms with Crippen molar-refractivity contribution in [2.75, 3.05) is 0 Å². The largest absolute Gasteiger partial charge is 0.478 e. The van der Waals surface area contributed by atoms with Gasteiger partial charge in [-0.1, -0.05) is 12.1 Å². The fraction of sp³-hybridized carbons (Fsp3) is 0.550. The molecule has 5 rings (SSSR count). The van der Waals surface area contributed by atoms with Crippen LogP contribution in [-0.4, -0.2) is 11.1 Å². The first kappa shape index (κ1) is 14.8. The van der Waals surface area contributed by atoms with Crippen LogP contribution in [0.15, 0.2) is 36.1 Å². The Labute approximate surface area is 137 Å². The molecule has 0 unspecified atom stereocenters. The summed E-state index contributed by atoms with van der Waals surface area (Å²) in [5.74, 6) is 2.97. The molecule has 4 saturated carbocycles. The molecule has 4 aliphatic rings. The molecule has 122 valence electrons. The molecule has 0 saturated heterocycles. The number of carbonyl (C=O) groups is 1. The van der Waals surface area contributed by atoms with Crippen LogP contribution in [0.1, 0.15) is 51.0 Å². The molecule has 1 aromatic carbocycles. The highest BCUT2D eigenvalue weighted by Crippen LogP contribution is 2.60. The summed E-state index contributed by atoms with van der Waals surface area (Å²) in [6, 6.07) is 8.40. The standard InChI is InChI=1S/C20H24O3/c1-13(6-19(21)22)23-18-4-2-17(3-5-18)20-10-14-7-15(11-20)9-16(8-14)12-20/h2-6,14-16H,7-12H2,1H3,(H,21,22)/b13-6-. The van der Waals surface area contributed by atoms with E-state index < -0.39 is 5.97 Å². The van der Waals surface area contributed by atoms with Gasteiger partial charge in [0.05, 0.1) is 6.08 Å². The van der Waals surface area contributed by atoms with Crippen molar-refractivity contribution >= 4 is 5.97 Å². The molecule has 1 aromatic rings. The molecule has 0 heterocycles. The molecule has 0 aromatic heterocycles. The van der Waals surface area contributed by atoms with Crippen LogP contribution in [0.2, 0.25) is 0 Å². The molecular formula is C20H24O3. The van der Waals surface area contributed by atoms with Gasteiger partial charge in [-0.3, -0.25) is 0 Å². The summed E-state index contributed by atoms with van der Waals surface area (Å²) >= 11 is 0. The Morgan fingerprint density at radius 1 is 1.09 bits per heavy atom. The summed E-state index contributed by atoms with van der Waals surface area (Å²) in [5, 5.41) is 8.75. The fourth-order valence-electron chi connectivity index (χ4n) is 5.73. The van der Waals surface area contributed by atoms with E-state index in [2.05, 4.69) is 12.1 Å². The molecule has 4 aliphatic carbocycles. The smallest absolute Gasteiger partial charge is 0.331 e. The van der Waals surface area contributed by atoms with Crippen LogP contribution in [0, 0.1) is 17.8 Å². The van der Waals surface area contributed by atoms with E-state index in [1.54, 1.807) is 6.92 Å². The van der Waals surface area contributed by atoms with Gasteiger partial charge in [0, 0.05) is 0 Å². The quantitative estimate of drug-likeness (QED) is 0.656. The monoisotopic (exact) mass is 312 g/mol. The Morgan fingerprint density at radius 3 is 2.09 bits per heavy atom. The van der Waals surface area contributed by atoms with Gasteiger partial charge in [0.1, 0.15) is 11.5 Å². The van der Waals surface area contributed by atoms with Crippen LogP contribution < -0.4 is 4.74 Å². The van der Waals surface area contributed by atoms with E-state index in [4.69, 9.17) is 9.84 Å². The van der Waals surface area contributed by atoms with E-state index in [0.717, 1.165) is 23.8 Å². The third-order valence-corrected chi connectivity index (χ3v) is 6.11. The second-order valence-corrected chi connectivity index (χ2v) is 7.92. The van der Waals surface area contributed by atoms with E-state index in [1.165, 1.54) is 44.1 Å². The molecule has 1 N–H and O–H groups in total. The summed E-state index contributed by atoms with van der Waals surface area (Å²) in [5.41, 5.74) is 1.86. The number of carboxylic acid groups (broad SMARTS) is 1. The molecule has 4 fully saturated rings. The highest BCUT2D eigenvalue weighted by Gasteiger charge is 2.51. The van der Waals surface area contributed by atoms with E-state index >= 15 is 0 Å². The molecule has 0 atom stereocenters. The van der Waals surface area contributed by atoms with Crippen molar-refractivity contribution in [1.29, 1.82) is 0 Å². The first-order valence-electron chi connectivity index (χ1n) is 8.72. The molecular weight excluding hydrogens is 288 g/mol. The fourth-order valence-corrected chi connectivity index (χ4v) is 5.73. The zero-order valence-electron chi connectivity index (χ0n) is 13.6. The minimum Gasteiger partial charge on any atom is -0.478 e. The lowest BCUT2D eigenvalue weighted by Gasteiger charge is -2.57. The number of ether oxygens (including phenoxy) is 1. The zero-order valence-corrected chi connectivity index (χ0v) is 13.6. The van der Waals surface area contributed by atoms with E-state index in [1.807, 2.05) is 12.1 Å². The lowest BCUT2D eigenvalue weighted by molar-refractivity contribution is -0.131. The maximum atomic E-state index is 10.7. The van der Waals surface area contributed by atoms with Crippen LogP contribution >= 0.6 is 0 Å². The highest BCUT2D eigenvalue weighted by molar-refractivity contribution is 5.80. The van der Waals surface area contributed by atoms with Gasteiger partial charge in [0.2, 0.25) is 0 Å². The third kappa shape index (κ3) is 2.77. The van der Waals surface area contributed by atoms with Gasteiger partial charge >= 0.3 is 5.97 Å². The molecule has 4 bridgehead atoms. The number of benzene rings is 1. The normalized spacial score (nSPS) is 35.3. The molecule has 0 radical (unpaired) electrons. The zero-order chi connectivity index (χ0) is 16.0. The summed E-state index contributed by atoms with van der Waals surface area (Å²) in [4.78, 5) is 10.7. The van der Waals surface area contributed by atoms with Crippen molar-refractivity contribution < 1.29 is 14.6 Å². The van der Waals surface area contributed by atoms with E-state index in [0.29, 0.717) is 16.9 Å². The Kier molecular flexibility index (Phi) is 3.47. The number of rotatable bonds is 4. The average molecular weight is 312 g/mol. The summed E-state index contributed by atoms with van der Waals surface area (Å²) in [6.07, 6.45) is 9.54. The van der Waals surface area contributed by atoms with Crippen LogP contribution in [0.5, 0.6) is 5.75 Å². The molecule has 3 nitrogen and oxygen atoms in total. The number of hydrogen-bond donors (Lipinski definition) is 1. The second-order valence-electron chi connectivity index (χ2n) is 7.92. The Bertz CT molecular complexity index is 606. The first-order valence-corrected chi connectivity index (χ1v) is 8.72. The van der Waals surface area contributed by atoms with E-state index in [-0.39, 0.29) is 0 Å². The number of aliphatic carboxylic acids is 1. The minimum absolute atomic E-state index is 0.402.